The summed E-state index contributed by atoms with van der Waals surface area (Å²) in [6.07, 6.45) is 2.03. The van der Waals surface area contributed by atoms with Crippen LogP contribution >= 0.6 is 0 Å². The third kappa shape index (κ3) is 2.04. The summed E-state index contributed by atoms with van der Waals surface area (Å²) in [7, 11) is 3.75. The van der Waals surface area contributed by atoms with Crippen molar-refractivity contribution >= 4 is 11.0 Å². The van der Waals surface area contributed by atoms with Gasteiger partial charge in [0.1, 0.15) is 11.3 Å². The Balaban J connectivity index is 2.08. The number of H-pyrrole nitrogens is 1. The number of aromatic amines is 1. The van der Waals surface area contributed by atoms with Crippen LogP contribution in [0.1, 0.15) is 18.9 Å². The van der Waals surface area contributed by atoms with E-state index >= 15 is 0 Å². The van der Waals surface area contributed by atoms with Crippen molar-refractivity contribution in [1.82, 2.24) is 14.5 Å². The number of nitrogens with one attached hydrogen (secondary N) is 1. The number of aromatic nitrogens is 2. The highest BCUT2D eigenvalue weighted by Gasteiger charge is 2.22. The van der Waals surface area contributed by atoms with Gasteiger partial charge in [-0.1, -0.05) is 6.07 Å². The average Bonchev–Trinajstić information content (AvgIpc) is 2.76. The van der Waals surface area contributed by atoms with Crippen LogP contribution in [0.2, 0.25) is 0 Å². The third-order valence-corrected chi connectivity index (χ3v) is 3.99. The number of benzene rings is 1. The number of ether oxygens (including phenoxy) is 1. The smallest absolute Gasteiger partial charge is 0.326 e. The average molecular weight is 261 g/mol. The fraction of sp³-hybridized carbons (Fsp3) is 0.500. The van der Waals surface area contributed by atoms with Crippen molar-refractivity contribution in [3.05, 3.63) is 28.7 Å². The highest BCUT2D eigenvalue weighted by molar-refractivity contribution is 5.82. The van der Waals surface area contributed by atoms with E-state index in [1.807, 2.05) is 22.8 Å². The number of fused-ring (bicyclic) bond motifs is 1. The second kappa shape index (κ2) is 4.74. The third-order valence-electron chi connectivity index (χ3n) is 3.99. The molecular formula is C14H19N3O2. The zero-order valence-corrected chi connectivity index (χ0v) is 11.3. The van der Waals surface area contributed by atoms with Crippen LogP contribution in [-0.2, 0) is 0 Å². The van der Waals surface area contributed by atoms with Gasteiger partial charge in [-0.15, -0.1) is 0 Å². The van der Waals surface area contributed by atoms with Crippen molar-refractivity contribution in [3.63, 3.8) is 0 Å². The van der Waals surface area contributed by atoms with Gasteiger partial charge < -0.3 is 14.6 Å². The highest BCUT2D eigenvalue weighted by atomic mass is 16.5. The molecule has 0 spiro atoms. The van der Waals surface area contributed by atoms with Gasteiger partial charge in [-0.05, 0) is 45.1 Å². The Kier molecular flexibility index (Phi) is 3.06. The molecule has 5 nitrogen and oxygen atoms in total. The molecular weight excluding hydrogens is 242 g/mol. The number of hydrogen-bond acceptors (Lipinski definition) is 3. The van der Waals surface area contributed by atoms with Crippen LogP contribution in [-0.4, -0.2) is 41.7 Å². The summed E-state index contributed by atoms with van der Waals surface area (Å²) in [6.45, 7) is 2.07. The molecule has 0 bridgehead atoms. The number of nitrogens with zero attached hydrogens (tertiary/aromatic N) is 2. The van der Waals surface area contributed by atoms with E-state index in [2.05, 4.69) is 16.9 Å². The fourth-order valence-electron chi connectivity index (χ4n) is 2.91. The molecule has 1 aromatic heterocycles. The van der Waals surface area contributed by atoms with Gasteiger partial charge in [0.05, 0.1) is 12.6 Å². The molecule has 2 heterocycles. The SMILES string of the molecule is COc1cccc2c1[nH]c(=O)n2C1CCN(C)CC1. The van der Waals surface area contributed by atoms with Gasteiger partial charge in [-0.3, -0.25) is 4.57 Å². The van der Waals surface area contributed by atoms with E-state index in [0.717, 1.165) is 42.7 Å². The molecule has 0 saturated carbocycles. The lowest BCUT2D eigenvalue weighted by molar-refractivity contribution is 0.221. The molecule has 1 fully saturated rings. The van der Waals surface area contributed by atoms with Crippen molar-refractivity contribution in [2.24, 2.45) is 0 Å². The molecule has 1 saturated heterocycles. The first-order valence-electron chi connectivity index (χ1n) is 6.66. The maximum absolute atomic E-state index is 12.2. The van der Waals surface area contributed by atoms with Crippen molar-refractivity contribution in [2.75, 3.05) is 27.2 Å². The van der Waals surface area contributed by atoms with Crippen LogP contribution in [0.5, 0.6) is 5.75 Å². The molecule has 2 aromatic rings. The molecule has 5 heteroatoms. The van der Waals surface area contributed by atoms with Crippen LogP contribution in [0.15, 0.2) is 23.0 Å². The normalized spacial score (nSPS) is 18.0. The van der Waals surface area contributed by atoms with Crippen LogP contribution in [0.3, 0.4) is 0 Å². The lowest BCUT2D eigenvalue weighted by atomic mass is 10.1. The Morgan fingerprint density at radius 2 is 2.05 bits per heavy atom. The summed E-state index contributed by atoms with van der Waals surface area (Å²) in [5, 5.41) is 0. The standard InChI is InChI=1S/C14H19N3O2/c1-16-8-6-10(7-9-16)17-11-4-3-5-12(19-2)13(11)15-14(17)18/h3-5,10H,6-9H2,1-2H3,(H,15,18). The molecule has 1 N–H and O–H groups in total. The Morgan fingerprint density at radius 3 is 2.74 bits per heavy atom. The van der Waals surface area contributed by atoms with Gasteiger partial charge >= 0.3 is 5.69 Å². The van der Waals surface area contributed by atoms with Gasteiger partial charge in [0.25, 0.3) is 0 Å². The van der Waals surface area contributed by atoms with Gasteiger partial charge in [-0.25, -0.2) is 4.79 Å². The lowest BCUT2D eigenvalue weighted by Crippen LogP contribution is -2.34. The first-order valence-corrected chi connectivity index (χ1v) is 6.66. The minimum absolute atomic E-state index is 0.0333. The van der Waals surface area contributed by atoms with Gasteiger partial charge in [-0.2, -0.15) is 0 Å². The second-order valence-corrected chi connectivity index (χ2v) is 5.19. The summed E-state index contributed by atoms with van der Waals surface area (Å²) < 4.78 is 7.20. The zero-order chi connectivity index (χ0) is 13.4. The molecule has 0 atom stereocenters. The molecule has 0 radical (unpaired) electrons. The number of piperidine rings is 1. The molecule has 0 aliphatic carbocycles. The number of methoxy groups -OCH3 is 1. The quantitative estimate of drug-likeness (QED) is 0.893. The molecule has 1 aromatic carbocycles. The number of likely N-dealkylation sites (tertiary alicyclic amines) is 1. The highest BCUT2D eigenvalue weighted by Crippen LogP contribution is 2.28. The predicted molar refractivity (Wildman–Crippen MR) is 74.9 cm³/mol. The van der Waals surface area contributed by atoms with Crippen LogP contribution in [0, 0.1) is 0 Å². The lowest BCUT2D eigenvalue weighted by Gasteiger charge is -2.29. The number of para-hydroxylation sites is 1. The number of rotatable bonds is 2. The molecule has 3 rings (SSSR count). The van der Waals surface area contributed by atoms with Crippen molar-refractivity contribution in [1.29, 1.82) is 0 Å². The van der Waals surface area contributed by atoms with E-state index in [9.17, 15) is 4.79 Å². The monoisotopic (exact) mass is 261 g/mol. The minimum Gasteiger partial charge on any atom is -0.494 e. The largest absolute Gasteiger partial charge is 0.494 e. The van der Waals surface area contributed by atoms with Gasteiger partial charge in [0, 0.05) is 6.04 Å². The summed E-state index contributed by atoms with van der Waals surface area (Å²) in [4.78, 5) is 17.5. The van der Waals surface area contributed by atoms with Crippen LogP contribution < -0.4 is 10.4 Å². The zero-order valence-electron chi connectivity index (χ0n) is 11.3. The molecule has 19 heavy (non-hydrogen) atoms. The maximum atomic E-state index is 12.2. The summed E-state index contributed by atoms with van der Waals surface area (Å²) in [5.74, 6) is 0.723. The van der Waals surface area contributed by atoms with Gasteiger partial charge in [0.15, 0.2) is 0 Å². The van der Waals surface area contributed by atoms with E-state index in [-0.39, 0.29) is 11.7 Å². The Bertz CT molecular complexity index is 636. The summed E-state index contributed by atoms with van der Waals surface area (Å²) in [6, 6.07) is 6.06. The maximum Gasteiger partial charge on any atom is 0.326 e. The van der Waals surface area contributed by atoms with Crippen molar-refractivity contribution < 1.29 is 4.74 Å². The van der Waals surface area contributed by atoms with E-state index in [1.54, 1.807) is 7.11 Å². The van der Waals surface area contributed by atoms with E-state index in [4.69, 9.17) is 4.74 Å². The molecule has 102 valence electrons. The van der Waals surface area contributed by atoms with Gasteiger partial charge in [0.2, 0.25) is 0 Å². The topological polar surface area (TPSA) is 50.3 Å². The van der Waals surface area contributed by atoms with E-state index in [1.165, 1.54) is 0 Å². The number of hydrogen-bond donors (Lipinski definition) is 1. The van der Waals surface area contributed by atoms with Crippen LogP contribution in [0.4, 0.5) is 0 Å². The Hall–Kier alpha value is -1.75. The van der Waals surface area contributed by atoms with Crippen molar-refractivity contribution in [3.8, 4) is 5.75 Å². The number of imidazole rings is 1. The molecule has 1 aliphatic heterocycles. The first-order chi connectivity index (χ1) is 9.20. The minimum atomic E-state index is -0.0333. The summed E-state index contributed by atoms with van der Waals surface area (Å²) >= 11 is 0. The summed E-state index contributed by atoms with van der Waals surface area (Å²) in [5.41, 5.74) is 1.71. The van der Waals surface area contributed by atoms with Crippen LogP contribution in [0.25, 0.3) is 11.0 Å². The second-order valence-electron chi connectivity index (χ2n) is 5.19. The predicted octanol–water partition coefficient (Wildman–Crippen LogP) is 1.60. The molecule has 1 aliphatic rings. The first kappa shape index (κ1) is 12.3. The Labute approximate surface area is 111 Å². The van der Waals surface area contributed by atoms with E-state index in [0.29, 0.717) is 0 Å². The van der Waals surface area contributed by atoms with Crippen molar-refractivity contribution in [2.45, 2.75) is 18.9 Å². The molecule has 0 unspecified atom stereocenters. The molecule has 0 amide bonds. The Morgan fingerprint density at radius 1 is 1.32 bits per heavy atom. The van der Waals surface area contributed by atoms with E-state index < -0.39 is 0 Å². The fourth-order valence-corrected chi connectivity index (χ4v) is 2.91.